The van der Waals surface area contributed by atoms with Gasteiger partial charge in [-0.25, -0.2) is 0 Å². The average Bonchev–Trinajstić information content (AvgIpc) is 3.13. The quantitative estimate of drug-likeness (QED) is 0.922. The Balaban J connectivity index is 0.00000208. The number of para-hydroxylation sites is 1. The smallest absolute Gasteiger partial charge is 0.255 e. The Morgan fingerprint density at radius 1 is 1.25 bits per heavy atom. The summed E-state index contributed by atoms with van der Waals surface area (Å²) in [7, 11) is 1.97. The summed E-state index contributed by atoms with van der Waals surface area (Å²) in [5.41, 5.74) is 4.06. The summed E-state index contributed by atoms with van der Waals surface area (Å²) >= 11 is 0. The third-order valence-corrected chi connectivity index (χ3v) is 4.74. The van der Waals surface area contributed by atoms with Crippen LogP contribution in [0.25, 0.3) is 5.69 Å². The summed E-state index contributed by atoms with van der Waals surface area (Å²) in [6.45, 7) is 6.79. The van der Waals surface area contributed by atoms with Gasteiger partial charge in [0.05, 0.1) is 5.56 Å². The molecule has 0 radical (unpaired) electrons. The van der Waals surface area contributed by atoms with E-state index in [1.165, 1.54) is 0 Å². The number of carbonyl (C=O) groups excluding carboxylic acids is 1. The lowest BCUT2D eigenvalue weighted by atomic mass is 10.1. The molecule has 24 heavy (non-hydrogen) atoms. The van der Waals surface area contributed by atoms with Crippen molar-refractivity contribution in [3.63, 3.8) is 0 Å². The molecular formula is C19H26ClN3O. The first-order chi connectivity index (χ1) is 11.1. The molecule has 1 amide bonds. The number of carbonyl (C=O) groups is 1. The molecule has 1 aliphatic heterocycles. The molecule has 2 heterocycles. The normalized spacial score (nSPS) is 17.0. The van der Waals surface area contributed by atoms with Gasteiger partial charge in [0.2, 0.25) is 0 Å². The molecule has 1 atom stereocenters. The van der Waals surface area contributed by atoms with Crippen LogP contribution < -0.4 is 5.32 Å². The minimum atomic E-state index is 0. The molecule has 1 aliphatic rings. The van der Waals surface area contributed by atoms with Crippen molar-refractivity contribution in [3.05, 3.63) is 53.3 Å². The van der Waals surface area contributed by atoms with Crippen LogP contribution in [0, 0.1) is 19.8 Å². The van der Waals surface area contributed by atoms with E-state index < -0.39 is 0 Å². The lowest BCUT2D eigenvalue weighted by molar-refractivity contribution is 0.0786. The molecule has 4 nitrogen and oxygen atoms in total. The summed E-state index contributed by atoms with van der Waals surface area (Å²) in [6.07, 6.45) is 1.09. The minimum Gasteiger partial charge on any atom is -0.338 e. The van der Waals surface area contributed by atoms with E-state index in [1.54, 1.807) is 0 Å². The van der Waals surface area contributed by atoms with Crippen LogP contribution >= 0.6 is 12.4 Å². The van der Waals surface area contributed by atoms with Gasteiger partial charge in [-0.2, -0.15) is 0 Å². The molecule has 1 fully saturated rings. The fraction of sp³-hybridized carbons (Fsp3) is 0.421. The number of likely N-dealkylation sites (tertiary alicyclic amines) is 1. The Morgan fingerprint density at radius 2 is 1.96 bits per heavy atom. The summed E-state index contributed by atoms with van der Waals surface area (Å²) < 4.78 is 2.16. The number of halogens is 1. The molecule has 1 aromatic carbocycles. The summed E-state index contributed by atoms with van der Waals surface area (Å²) in [5.74, 6) is 0.737. The van der Waals surface area contributed by atoms with Crippen molar-refractivity contribution in [2.45, 2.75) is 20.3 Å². The van der Waals surface area contributed by atoms with Gasteiger partial charge in [-0.1, -0.05) is 18.2 Å². The highest BCUT2D eigenvalue weighted by Crippen LogP contribution is 2.24. The monoisotopic (exact) mass is 347 g/mol. The van der Waals surface area contributed by atoms with E-state index in [9.17, 15) is 4.79 Å². The van der Waals surface area contributed by atoms with E-state index in [0.717, 1.165) is 48.7 Å². The fourth-order valence-corrected chi connectivity index (χ4v) is 3.60. The van der Waals surface area contributed by atoms with Gasteiger partial charge >= 0.3 is 0 Å². The summed E-state index contributed by atoms with van der Waals surface area (Å²) in [6, 6.07) is 12.2. The van der Waals surface area contributed by atoms with Gasteiger partial charge in [-0.3, -0.25) is 4.79 Å². The van der Waals surface area contributed by atoms with Crippen LogP contribution in [0.5, 0.6) is 0 Å². The maximum absolute atomic E-state index is 12.9. The summed E-state index contributed by atoms with van der Waals surface area (Å²) in [4.78, 5) is 14.9. The Labute approximate surface area is 150 Å². The standard InChI is InChI=1S/C19H25N3O.ClH/c1-14-11-18(15(2)22(14)17-7-5-4-6-8-17)19(23)21-10-9-16(13-21)12-20-3;/h4-8,11,16,20H,9-10,12-13H2,1-3H3;1H. The molecule has 2 aromatic rings. The lowest BCUT2D eigenvalue weighted by Gasteiger charge is -2.17. The average molecular weight is 348 g/mol. The first-order valence-electron chi connectivity index (χ1n) is 8.30. The maximum Gasteiger partial charge on any atom is 0.255 e. The van der Waals surface area contributed by atoms with Crippen molar-refractivity contribution >= 4 is 18.3 Å². The maximum atomic E-state index is 12.9. The van der Waals surface area contributed by atoms with Crippen molar-refractivity contribution in [2.24, 2.45) is 5.92 Å². The van der Waals surface area contributed by atoms with Gasteiger partial charge in [-0.05, 0) is 58.0 Å². The van der Waals surface area contributed by atoms with E-state index in [4.69, 9.17) is 0 Å². The molecule has 0 spiro atoms. The Kier molecular flexibility index (Phi) is 6.08. The van der Waals surface area contributed by atoms with Crippen LogP contribution in [0.2, 0.25) is 0 Å². The van der Waals surface area contributed by atoms with E-state index >= 15 is 0 Å². The van der Waals surface area contributed by atoms with Gasteiger partial charge in [0, 0.05) is 30.2 Å². The van der Waals surface area contributed by atoms with Crippen LogP contribution in [-0.2, 0) is 0 Å². The zero-order valence-corrected chi connectivity index (χ0v) is 15.4. The number of rotatable bonds is 4. The molecular weight excluding hydrogens is 322 g/mol. The number of nitrogens with one attached hydrogen (secondary N) is 1. The second-order valence-corrected chi connectivity index (χ2v) is 6.42. The van der Waals surface area contributed by atoms with Crippen molar-refractivity contribution in [1.82, 2.24) is 14.8 Å². The molecule has 5 heteroatoms. The predicted octanol–water partition coefficient (Wildman–Crippen LogP) is 3.20. The highest BCUT2D eigenvalue weighted by Gasteiger charge is 2.28. The SMILES string of the molecule is CNCC1CCN(C(=O)c2cc(C)n(-c3ccccc3)c2C)C1.Cl. The predicted molar refractivity (Wildman–Crippen MR) is 100 cm³/mol. The highest BCUT2D eigenvalue weighted by atomic mass is 35.5. The first kappa shape index (κ1) is 18.6. The number of hydrogen-bond donors (Lipinski definition) is 1. The fourth-order valence-electron chi connectivity index (χ4n) is 3.60. The molecule has 0 aliphatic carbocycles. The van der Waals surface area contributed by atoms with Gasteiger partial charge in [0.1, 0.15) is 0 Å². The lowest BCUT2D eigenvalue weighted by Crippen LogP contribution is -2.30. The second kappa shape index (κ2) is 7.86. The largest absolute Gasteiger partial charge is 0.338 e. The molecule has 1 aromatic heterocycles. The van der Waals surface area contributed by atoms with Crippen molar-refractivity contribution in [1.29, 1.82) is 0 Å². The van der Waals surface area contributed by atoms with Gasteiger partial charge in [-0.15, -0.1) is 12.4 Å². The van der Waals surface area contributed by atoms with Gasteiger partial charge < -0.3 is 14.8 Å². The molecule has 0 bridgehead atoms. The Hall–Kier alpha value is -1.78. The van der Waals surface area contributed by atoms with Gasteiger partial charge in [0.15, 0.2) is 0 Å². The zero-order chi connectivity index (χ0) is 16.4. The zero-order valence-electron chi connectivity index (χ0n) is 14.6. The van der Waals surface area contributed by atoms with Crippen LogP contribution in [-0.4, -0.2) is 42.1 Å². The second-order valence-electron chi connectivity index (χ2n) is 6.42. The molecule has 3 rings (SSSR count). The first-order valence-corrected chi connectivity index (χ1v) is 8.30. The number of hydrogen-bond acceptors (Lipinski definition) is 2. The Morgan fingerprint density at radius 3 is 2.62 bits per heavy atom. The van der Waals surface area contributed by atoms with Crippen molar-refractivity contribution < 1.29 is 4.79 Å². The van der Waals surface area contributed by atoms with Crippen LogP contribution in [0.15, 0.2) is 36.4 Å². The highest BCUT2D eigenvalue weighted by molar-refractivity contribution is 5.96. The number of aromatic nitrogens is 1. The van der Waals surface area contributed by atoms with Crippen molar-refractivity contribution in [3.8, 4) is 5.69 Å². The number of nitrogens with zero attached hydrogens (tertiary/aromatic N) is 2. The van der Waals surface area contributed by atoms with E-state index in [2.05, 4.69) is 28.9 Å². The van der Waals surface area contributed by atoms with Crippen LogP contribution in [0.4, 0.5) is 0 Å². The number of amides is 1. The van der Waals surface area contributed by atoms with Crippen molar-refractivity contribution in [2.75, 3.05) is 26.7 Å². The van der Waals surface area contributed by atoms with E-state index in [-0.39, 0.29) is 18.3 Å². The van der Waals surface area contributed by atoms with E-state index in [0.29, 0.717) is 5.92 Å². The van der Waals surface area contributed by atoms with Gasteiger partial charge in [0.25, 0.3) is 5.91 Å². The molecule has 130 valence electrons. The molecule has 0 saturated carbocycles. The van der Waals surface area contributed by atoms with Crippen LogP contribution in [0.3, 0.4) is 0 Å². The topological polar surface area (TPSA) is 37.3 Å². The third-order valence-electron chi connectivity index (χ3n) is 4.74. The summed E-state index contributed by atoms with van der Waals surface area (Å²) in [5, 5.41) is 3.21. The molecule has 1 saturated heterocycles. The van der Waals surface area contributed by atoms with Crippen LogP contribution in [0.1, 0.15) is 28.2 Å². The third kappa shape index (κ3) is 3.50. The van der Waals surface area contributed by atoms with E-state index in [1.807, 2.05) is 43.1 Å². The number of aryl methyl sites for hydroxylation is 1. The minimum absolute atomic E-state index is 0. The molecule has 1 unspecified atom stereocenters. The Bertz CT molecular complexity index is 696. The molecule has 1 N–H and O–H groups in total. The number of benzene rings is 1.